The second kappa shape index (κ2) is 11.3. The third-order valence-corrected chi connectivity index (χ3v) is 4.71. The van der Waals surface area contributed by atoms with Gasteiger partial charge in [-0.2, -0.15) is 0 Å². The van der Waals surface area contributed by atoms with Gasteiger partial charge >= 0.3 is 0 Å². The van der Waals surface area contributed by atoms with Gasteiger partial charge in [0.05, 0.1) is 7.11 Å². The van der Waals surface area contributed by atoms with E-state index >= 15 is 0 Å². The molecular weight excluding hydrogens is 360 g/mol. The third kappa shape index (κ3) is 6.34. The predicted molar refractivity (Wildman–Crippen MR) is 109 cm³/mol. The molecular formula is C24H30FeO. The van der Waals surface area contributed by atoms with Crippen LogP contribution in [0.3, 0.4) is 0 Å². The standard InChI is InChI=1S/C19H25O.C5H5.Fe/c1-13(2)16-10-17(15-8-6-7-9-15)12-19(20-5)18(11-16)14(3)4;1-2-4-5-3-1;/h6-9,12,17H,10-11H2,1-5H3;1-5H;. The topological polar surface area (TPSA) is 9.23 Å². The van der Waals surface area contributed by atoms with Crippen molar-refractivity contribution < 1.29 is 21.8 Å². The van der Waals surface area contributed by atoms with Gasteiger partial charge in [-0.25, -0.2) is 0 Å². The molecule has 0 N–H and O–H groups in total. The van der Waals surface area contributed by atoms with Crippen LogP contribution in [0.5, 0.6) is 0 Å². The molecule has 3 aliphatic rings. The molecule has 140 valence electrons. The molecule has 3 aliphatic carbocycles. The summed E-state index contributed by atoms with van der Waals surface area (Å²) < 4.78 is 5.68. The molecule has 0 spiro atoms. The van der Waals surface area contributed by atoms with Gasteiger partial charge in [0.1, 0.15) is 5.76 Å². The summed E-state index contributed by atoms with van der Waals surface area (Å²) in [6, 6.07) is 0. The Kier molecular flexibility index (Phi) is 9.76. The van der Waals surface area contributed by atoms with Gasteiger partial charge in [0.15, 0.2) is 0 Å². The Labute approximate surface area is 170 Å². The van der Waals surface area contributed by atoms with Crippen LogP contribution < -0.4 is 0 Å². The summed E-state index contributed by atoms with van der Waals surface area (Å²) in [7, 11) is 1.78. The van der Waals surface area contributed by atoms with E-state index in [9.17, 15) is 0 Å². The molecule has 2 radical (unpaired) electrons. The molecule has 1 nitrogen and oxygen atoms in total. The first-order valence-corrected chi connectivity index (χ1v) is 8.99. The molecule has 2 heteroatoms. The average molecular weight is 390 g/mol. The number of ether oxygens (including phenoxy) is 1. The molecule has 0 aliphatic heterocycles. The summed E-state index contributed by atoms with van der Waals surface area (Å²) in [5.41, 5.74) is 7.05. The number of hydrogen-bond acceptors (Lipinski definition) is 1. The molecule has 0 aromatic carbocycles. The largest absolute Gasteiger partial charge is 0.497 e. The van der Waals surface area contributed by atoms with Crippen LogP contribution in [-0.2, 0) is 21.8 Å². The summed E-state index contributed by atoms with van der Waals surface area (Å²) in [4.78, 5) is 0. The Bertz CT molecular complexity index is 678. The molecule has 0 bridgehead atoms. The van der Waals surface area contributed by atoms with Crippen molar-refractivity contribution in [3.05, 3.63) is 95.1 Å². The van der Waals surface area contributed by atoms with Crippen LogP contribution in [0.25, 0.3) is 0 Å². The molecule has 0 aromatic heterocycles. The van der Waals surface area contributed by atoms with E-state index in [4.69, 9.17) is 4.74 Å². The fourth-order valence-electron chi connectivity index (χ4n) is 3.15. The van der Waals surface area contributed by atoms with E-state index in [1.54, 1.807) is 7.11 Å². The summed E-state index contributed by atoms with van der Waals surface area (Å²) in [6.07, 6.45) is 23.1. The van der Waals surface area contributed by atoms with E-state index < -0.39 is 0 Å². The second-order valence-corrected chi connectivity index (χ2v) is 6.99. The zero-order valence-corrected chi connectivity index (χ0v) is 17.6. The fraction of sp³-hybridized carbons (Fsp3) is 0.333. The smallest absolute Gasteiger partial charge is 0.118 e. The zero-order chi connectivity index (χ0) is 18.2. The Balaban J connectivity index is 0.000000486. The second-order valence-electron chi connectivity index (χ2n) is 6.99. The van der Waals surface area contributed by atoms with Gasteiger partial charge in [-0.15, -0.1) is 0 Å². The molecule has 3 rings (SSSR count). The van der Waals surface area contributed by atoms with E-state index in [0.717, 1.165) is 18.6 Å². The van der Waals surface area contributed by atoms with Crippen molar-refractivity contribution in [3.63, 3.8) is 0 Å². The van der Waals surface area contributed by atoms with Crippen LogP contribution in [-0.4, -0.2) is 7.11 Å². The van der Waals surface area contributed by atoms with E-state index in [0.29, 0.717) is 5.92 Å². The summed E-state index contributed by atoms with van der Waals surface area (Å²) in [6.45, 7) is 8.79. The Hall–Kier alpha value is -1.50. The van der Waals surface area contributed by atoms with Gasteiger partial charge in [0.2, 0.25) is 0 Å². The Morgan fingerprint density at radius 3 is 2.04 bits per heavy atom. The molecule has 0 saturated heterocycles. The van der Waals surface area contributed by atoms with Crippen molar-refractivity contribution in [2.45, 2.75) is 40.5 Å². The van der Waals surface area contributed by atoms with Crippen molar-refractivity contribution in [2.24, 2.45) is 5.92 Å². The summed E-state index contributed by atoms with van der Waals surface area (Å²) in [5.74, 6) is 1.47. The van der Waals surface area contributed by atoms with Gasteiger partial charge in [0.25, 0.3) is 0 Å². The first-order valence-electron chi connectivity index (χ1n) is 8.99. The Morgan fingerprint density at radius 2 is 1.62 bits per heavy atom. The van der Waals surface area contributed by atoms with E-state index in [1.165, 1.54) is 27.9 Å². The first-order chi connectivity index (χ1) is 12.0. The summed E-state index contributed by atoms with van der Waals surface area (Å²) in [5, 5.41) is 0. The minimum atomic E-state index is 0. The third-order valence-electron chi connectivity index (χ3n) is 4.71. The Morgan fingerprint density at radius 1 is 0.923 bits per heavy atom. The number of rotatable bonds is 2. The van der Waals surface area contributed by atoms with Gasteiger partial charge in [-0.3, -0.25) is 0 Å². The van der Waals surface area contributed by atoms with E-state index in [2.05, 4.69) is 58.4 Å². The molecule has 0 fully saturated rings. The predicted octanol–water partition coefficient (Wildman–Crippen LogP) is 6.61. The number of hydrogen-bond donors (Lipinski definition) is 0. The number of allylic oxidation sites excluding steroid dienone is 13. The van der Waals surface area contributed by atoms with Crippen molar-refractivity contribution in [1.29, 1.82) is 0 Å². The normalized spacial score (nSPS) is 20.6. The van der Waals surface area contributed by atoms with Gasteiger partial charge in [-0.1, -0.05) is 59.3 Å². The van der Waals surface area contributed by atoms with Crippen molar-refractivity contribution in [3.8, 4) is 0 Å². The van der Waals surface area contributed by atoms with Crippen molar-refractivity contribution in [1.82, 2.24) is 0 Å². The molecule has 1 unspecified atom stereocenters. The van der Waals surface area contributed by atoms with Crippen LogP contribution in [0.4, 0.5) is 0 Å². The monoisotopic (exact) mass is 390 g/mol. The maximum absolute atomic E-state index is 5.68. The molecule has 0 heterocycles. The van der Waals surface area contributed by atoms with Crippen LogP contribution in [0.1, 0.15) is 40.5 Å². The molecule has 0 saturated carbocycles. The van der Waals surface area contributed by atoms with Crippen LogP contribution >= 0.6 is 0 Å². The van der Waals surface area contributed by atoms with Gasteiger partial charge < -0.3 is 4.74 Å². The van der Waals surface area contributed by atoms with Crippen LogP contribution in [0.15, 0.2) is 82.2 Å². The quantitative estimate of drug-likeness (QED) is 0.381. The minimum Gasteiger partial charge on any atom is -0.497 e. The molecule has 0 amide bonds. The van der Waals surface area contributed by atoms with Gasteiger partial charge in [0, 0.05) is 35.8 Å². The van der Waals surface area contributed by atoms with E-state index in [1.807, 2.05) is 30.7 Å². The van der Waals surface area contributed by atoms with Crippen LogP contribution in [0, 0.1) is 18.8 Å². The van der Waals surface area contributed by atoms with Crippen LogP contribution in [0.2, 0.25) is 0 Å². The SMILES string of the molecule is COC1=CC(C2=C[CH]C=C2)CC(=C(C)C)CC1=C(C)C.[CH]1C=CC=C1.[Fe]. The number of methoxy groups -OCH3 is 1. The minimum absolute atomic E-state index is 0. The maximum Gasteiger partial charge on any atom is 0.118 e. The van der Waals surface area contributed by atoms with Crippen molar-refractivity contribution in [2.75, 3.05) is 7.11 Å². The zero-order valence-electron chi connectivity index (χ0n) is 16.5. The molecule has 1 atom stereocenters. The average Bonchev–Trinajstić information content (AvgIpc) is 3.28. The summed E-state index contributed by atoms with van der Waals surface area (Å²) >= 11 is 0. The van der Waals surface area contributed by atoms with Crippen molar-refractivity contribution >= 4 is 0 Å². The molecule has 26 heavy (non-hydrogen) atoms. The van der Waals surface area contributed by atoms with Gasteiger partial charge in [-0.05, 0) is 57.8 Å². The molecule has 0 aromatic rings. The maximum atomic E-state index is 5.68. The fourth-order valence-corrected chi connectivity index (χ4v) is 3.15. The first kappa shape index (κ1) is 22.5. The van der Waals surface area contributed by atoms with E-state index in [-0.39, 0.29) is 17.1 Å².